The van der Waals surface area contributed by atoms with Crippen molar-refractivity contribution < 1.29 is 19.0 Å². The van der Waals surface area contributed by atoms with Crippen LogP contribution in [0.15, 0.2) is 34.1 Å². The number of amides is 1. The molecule has 5 rings (SSSR count). The number of nitrogens with zero attached hydrogens (tertiary/aromatic N) is 4. The zero-order valence-electron chi connectivity index (χ0n) is 18.5. The van der Waals surface area contributed by atoms with E-state index in [2.05, 4.69) is 10.3 Å². The van der Waals surface area contributed by atoms with E-state index >= 15 is 0 Å². The first-order valence-electron chi connectivity index (χ1n) is 10.7. The van der Waals surface area contributed by atoms with E-state index in [1.165, 1.54) is 17.9 Å². The Balaban J connectivity index is 1.39. The van der Waals surface area contributed by atoms with Gasteiger partial charge in [-0.15, -0.1) is 0 Å². The molecule has 0 bridgehead atoms. The molecule has 174 valence electrons. The maximum atomic E-state index is 12.9. The van der Waals surface area contributed by atoms with Crippen LogP contribution in [0.2, 0.25) is 0 Å². The standard InChI is InChI=1S/C22H25N5O6/c1-25-12-24-19-18(25)20(29)27(21(30)26(19)2)10-17(28)23-11-22(5-7-31-8-6-22)14-3-4-15-16(9-14)33-13-32-15/h3-4,9,12H,5-8,10-11,13H2,1-2H3,(H,23,28). The molecule has 11 nitrogen and oxygen atoms in total. The minimum Gasteiger partial charge on any atom is -0.454 e. The Bertz CT molecular complexity index is 1350. The van der Waals surface area contributed by atoms with Crippen molar-refractivity contribution in [1.82, 2.24) is 24.0 Å². The highest BCUT2D eigenvalue weighted by Crippen LogP contribution is 2.40. The highest BCUT2D eigenvalue weighted by atomic mass is 16.7. The molecule has 33 heavy (non-hydrogen) atoms. The lowest BCUT2D eigenvalue weighted by Crippen LogP contribution is -2.48. The van der Waals surface area contributed by atoms with Crippen molar-refractivity contribution >= 4 is 17.1 Å². The summed E-state index contributed by atoms with van der Waals surface area (Å²) in [6.45, 7) is 1.30. The molecular weight excluding hydrogens is 430 g/mol. The van der Waals surface area contributed by atoms with E-state index in [4.69, 9.17) is 14.2 Å². The van der Waals surface area contributed by atoms with Crippen molar-refractivity contribution in [2.45, 2.75) is 24.8 Å². The van der Waals surface area contributed by atoms with Gasteiger partial charge in [0.1, 0.15) is 6.54 Å². The topological polar surface area (TPSA) is 119 Å². The van der Waals surface area contributed by atoms with Gasteiger partial charge in [0.15, 0.2) is 22.7 Å². The molecule has 2 aromatic heterocycles. The van der Waals surface area contributed by atoms with Crippen LogP contribution in [0.25, 0.3) is 11.2 Å². The minimum absolute atomic E-state index is 0.191. The Morgan fingerprint density at radius 2 is 1.91 bits per heavy atom. The molecule has 0 unspecified atom stereocenters. The third-order valence-electron chi connectivity index (χ3n) is 6.56. The van der Waals surface area contributed by atoms with E-state index in [9.17, 15) is 14.4 Å². The quantitative estimate of drug-likeness (QED) is 0.576. The van der Waals surface area contributed by atoms with E-state index < -0.39 is 17.2 Å². The van der Waals surface area contributed by atoms with E-state index in [0.29, 0.717) is 31.3 Å². The molecule has 0 radical (unpaired) electrons. The molecule has 4 heterocycles. The number of carbonyl (C=O) groups excluding carboxylic acids is 1. The van der Waals surface area contributed by atoms with E-state index in [1.807, 2.05) is 18.2 Å². The van der Waals surface area contributed by atoms with Crippen LogP contribution >= 0.6 is 0 Å². The normalized spacial score (nSPS) is 16.8. The predicted octanol–water partition coefficient (Wildman–Crippen LogP) is 0.0270. The van der Waals surface area contributed by atoms with Gasteiger partial charge in [0, 0.05) is 39.3 Å². The van der Waals surface area contributed by atoms with Gasteiger partial charge in [-0.1, -0.05) is 6.07 Å². The fraction of sp³-hybridized carbons (Fsp3) is 0.455. The number of benzene rings is 1. The molecule has 0 aliphatic carbocycles. The molecule has 2 aliphatic heterocycles. The van der Waals surface area contributed by atoms with Gasteiger partial charge in [-0.2, -0.15) is 0 Å². The van der Waals surface area contributed by atoms with Crippen LogP contribution in [0.1, 0.15) is 18.4 Å². The van der Waals surface area contributed by atoms with Crippen molar-refractivity contribution in [1.29, 1.82) is 0 Å². The number of ether oxygens (including phenoxy) is 3. The second-order valence-corrected chi connectivity index (χ2v) is 8.50. The Labute approximate surface area is 188 Å². The molecule has 0 spiro atoms. The van der Waals surface area contributed by atoms with Crippen LogP contribution in [-0.2, 0) is 35.6 Å². The minimum atomic E-state index is -0.585. The largest absolute Gasteiger partial charge is 0.454 e. The van der Waals surface area contributed by atoms with Crippen LogP contribution in [0.4, 0.5) is 0 Å². The van der Waals surface area contributed by atoms with Crippen LogP contribution in [-0.4, -0.2) is 51.1 Å². The smallest absolute Gasteiger partial charge is 0.332 e. The number of hydrogen-bond acceptors (Lipinski definition) is 7. The molecule has 1 saturated heterocycles. The Kier molecular flexibility index (Phi) is 5.20. The SMILES string of the molecule is Cn1cnc2c1c(=O)n(CC(=O)NCC1(c3ccc4c(c3)OCO4)CCOCC1)c(=O)n2C. The predicted molar refractivity (Wildman–Crippen MR) is 118 cm³/mol. The number of rotatable bonds is 5. The van der Waals surface area contributed by atoms with Gasteiger partial charge in [-0.05, 0) is 30.5 Å². The molecule has 1 aromatic carbocycles. The average molecular weight is 455 g/mol. The molecule has 1 N–H and O–H groups in total. The van der Waals surface area contributed by atoms with Gasteiger partial charge < -0.3 is 24.1 Å². The van der Waals surface area contributed by atoms with Crippen molar-refractivity contribution in [2.75, 3.05) is 26.6 Å². The summed E-state index contributed by atoms with van der Waals surface area (Å²) in [5, 5.41) is 2.94. The fourth-order valence-corrected chi connectivity index (χ4v) is 4.56. The summed E-state index contributed by atoms with van der Waals surface area (Å²) in [6.07, 6.45) is 2.90. The summed E-state index contributed by atoms with van der Waals surface area (Å²) in [5.74, 6) is 0.970. The number of aromatic nitrogens is 4. The summed E-state index contributed by atoms with van der Waals surface area (Å²) in [7, 11) is 3.20. The van der Waals surface area contributed by atoms with Gasteiger partial charge in [-0.25, -0.2) is 14.3 Å². The second kappa shape index (κ2) is 8.07. The monoisotopic (exact) mass is 455 g/mol. The van der Waals surface area contributed by atoms with Gasteiger partial charge in [0.05, 0.1) is 6.33 Å². The van der Waals surface area contributed by atoms with Crippen molar-refractivity contribution in [3.8, 4) is 11.5 Å². The van der Waals surface area contributed by atoms with Crippen LogP contribution in [0, 0.1) is 0 Å². The molecule has 1 fully saturated rings. The number of aryl methyl sites for hydroxylation is 2. The molecule has 3 aromatic rings. The van der Waals surface area contributed by atoms with Gasteiger partial charge >= 0.3 is 5.69 Å². The van der Waals surface area contributed by atoms with Crippen molar-refractivity contribution in [3.05, 3.63) is 50.9 Å². The van der Waals surface area contributed by atoms with E-state index in [0.717, 1.165) is 23.0 Å². The molecule has 0 saturated carbocycles. The van der Waals surface area contributed by atoms with Crippen LogP contribution in [0.5, 0.6) is 11.5 Å². The van der Waals surface area contributed by atoms with Crippen molar-refractivity contribution in [2.24, 2.45) is 14.1 Å². The third kappa shape index (κ3) is 3.58. The lowest BCUT2D eigenvalue weighted by atomic mass is 9.74. The number of carbonyl (C=O) groups is 1. The van der Waals surface area contributed by atoms with Gasteiger partial charge in [0.2, 0.25) is 12.7 Å². The van der Waals surface area contributed by atoms with Gasteiger partial charge in [0.25, 0.3) is 5.56 Å². The average Bonchev–Trinajstić information content (AvgIpc) is 3.46. The number of hydrogen-bond donors (Lipinski definition) is 1. The summed E-state index contributed by atoms with van der Waals surface area (Å²) in [6, 6.07) is 5.82. The Hall–Kier alpha value is -3.60. The first-order chi connectivity index (χ1) is 15.9. The van der Waals surface area contributed by atoms with Crippen LogP contribution in [0.3, 0.4) is 0 Å². The molecular formula is C22H25N5O6. The number of fused-ring (bicyclic) bond motifs is 2. The highest BCUT2D eigenvalue weighted by Gasteiger charge is 2.36. The zero-order valence-corrected chi connectivity index (χ0v) is 18.5. The molecule has 1 amide bonds. The Morgan fingerprint density at radius 3 is 2.70 bits per heavy atom. The lowest BCUT2D eigenvalue weighted by Gasteiger charge is -2.38. The summed E-state index contributed by atoms with van der Waals surface area (Å²) in [4.78, 5) is 42.6. The van der Waals surface area contributed by atoms with Crippen molar-refractivity contribution in [3.63, 3.8) is 0 Å². The molecule has 2 aliphatic rings. The van der Waals surface area contributed by atoms with Crippen LogP contribution < -0.4 is 26.0 Å². The van der Waals surface area contributed by atoms with Gasteiger partial charge in [-0.3, -0.25) is 14.2 Å². The highest BCUT2D eigenvalue weighted by molar-refractivity contribution is 5.76. The fourth-order valence-electron chi connectivity index (χ4n) is 4.56. The lowest BCUT2D eigenvalue weighted by molar-refractivity contribution is -0.122. The number of imidazole rings is 1. The Morgan fingerprint density at radius 1 is 1.15 bits per heavy atom. The third-order valence-corrected chi connectivity index (χ3v) is 6.56. The number of nitrogens with one attached hydrogen (secondary N) is 1. The van der Waals surface area contributed by atoms with E-state index in [1.54, 1.807) is 11.6 Å². The molecule has 0 atom stereocenters. The first-order valence-corrected chi connectivity index (χ1v) is 10.7. The second-order valence-electron chi connectivity index (χ2n) is 8.50. The van der Waals surface area contributed by atoms with E-state index in [-0.39, 0.29) is 29.9 Å². The summed E-state index contributed by atoms with van der Waals surface area (Å²) < 4.78 is 20.3. The summed E-state index contributed by atoms with van der Waals surface area (Å²) in [5.41, 5.74) is 0.105. The zero-order chi connectivity index (χ0) is 23.2. The maximum Gasteiger partial charge on any atom is 0.332 e. The maximum absolute atomic E-state index is 12.9. The molecule has 11 heteroatoms. The summed E-state index contributed by atoms with van der Waals surface area (Å²) >= 11 is 0. The first kappa shape index (κ1) is 21.3.